The normalized spacial score (nSPS) is 12.9. The van der Waals surface area contributed by atoms with Crippen LogP contribution in [0.4, 0.5) is 32.0 Å². The molecule has 3 N–H and O–H groups in total. The van der Waals surface area contributed by atoms with Crippen molar-refractivity contribution in [2.24, 2.45) is 0 Å². The van der Waals surface area contributed by atoms with Crippen LogP contribution >= 0.6 is 0 Å². The van der Waals surface area contributed by atoms with E-state index in [9.17, 15) is 31.1 Å². The van der Waals surface area contributed by atoms with Crippen LogP contribution in [0.2, 0.25) is 0 Å². The number of benzene rings is 1. The first-order chi connectivity index (χ1) is 13.9. The molecule has 30 heavy (non-hydrogen) atoms. The molecule has 0 saturated heterocycles. The molecule has 2 aromatic rings. The van der Waals surface area contributed by atoms with Gasteiger partial charge in [0.25, 0.3) is 0 Å². The van der Waals surface area contributed by atoms with Crippen LogP contribution in [0.15, 0.2) is 36.5 Å². The maximum Gasteiger partial charge on any atom is 0.416 e. The van der Waals surface area contributed by atoms with Crippen LogP contribution in [0.1, 0.15) is 35.3 Å². The van der Waals surface area contributed by atoms with E-state index in [1.54, 1.807) is 6.92 Å². The summed E-state index contributed by atoms with van der Waals surface area (Å²) in [6.07, 6.45) is -7.06. The number of hydrogen-bond donors (Lipinski definition) is 3. The van der Waals surface area contributed by atoms with Crippen molar-refractivity contribution in [3.8, 4) is 0 Å². The second-order valence-corrected chi connectivity index (χ2v) is 6.47. The lowest BCUT2D eigenvalue weighted by molar-refractivity contribution is -0.137. The standard InChI is InChI=1S/C19H18F6N4O/c1-11(15-7-13(8-26)16(9-27-15)28-10-18(20,21)22)29-17(30)6-12-2-4-14(5-3-12)19(23,24)25/h2-5,7-9,11,26,28H,6,10H2,1H3,(H,29,30). The van der Waals surface area contributed by atoms with E-state index in [1.807, 2.05) is 0 Å². The largest absolute Gasteiger partial charge is 0.416 e. The summed E-state index contributed by atoms with van der Waals surface area (Å²) in [6, 6.07) is 4.92. The van der Waals surface area contributed by atoms with Crippen LogP contribution < -0.4 is 10.6 Å². The quantitative estimate of drug-likeness (QED) is 0.446. The average molecular weight is 432 g/mol. The van der Waals surface area contributed by atoms with Gasteiger partial charge < -0.3 is 16.0 Å². The molecule has 1 amide bonds. The average Bonchev–Trinajstić information content (AvgIpc) is 2.65. The number of anilines is 1. The van der Waals surface area contributed by atoms with Crippen molar-refractivity contribution in [3.05, 3.63) is 58.9 Å². The van der Waals surface area contributed by atoms with Crippen LogP contribution in [0.25, 0.3) is 0 Å². The predicted octanol–water partition coefficient (Wildman–Crippen LogP) is 4.49. The zero-order valence-electron chi connectivity index (χ0n) is 15.7. The lowest BCUT2D eigenvalue weighted by Gasteiger charge is -2.16. The van der Waals surface area contributed by atoms with Crippen molar-refractivity contribution < 1.29 is 31.1 Å². The second-order valence-electron chi connectivity index (χ2n) is 6.47. The zero-order chi connectivity index (χ0) is 22.5. The van der Waals surface area contributed by atoms with Crippen molar-refractivity contribution >= 4 is 17.8 Å². The Morgan fingerprint density at radius 2 is 1.80 bits per heavy atom. The van der Waals surface area contributed by atoms with E-state index in [0.29, 0.717) is 11.3 Å². The summed E-state index contributed by atoms with van der Waals surface area (Å²) in [6.45, 7) is 0.303. The van der Waals surface area contributed by atoms with E-state index < -0.39 is 36.4 Å². The van der Waals surface area contributed by atoms with Crippen LogP contribution in [0.5, 0.6) is 0 Å². The molecular formula is C19H18F6N4O. The molecule has 162 valence electrons. The Morgan fingerprint density at radius 1 is 1.17 bits per heavy atom. The van der Waals surface area contributed by atoms with Crippen molar-refractivity contribution in [3.63, 3.8) is 0 Å². The number of carbonyl (C=O) groups is 1. The minimum Gasteiger partial charge on any atom is -0.375 e. The summed E-state index contributed by atoms with van der Waals surface area (Å²) in [5.74, 6) is -0.472. The van der Waals surface area contributed by atoms with E-state index in [-0.39, 0.29) is 17.7 Å². The molecule has 0 aliphatic rings. The predicted molar refractivity (Wildman–Crippen MR) is 98.4 cm³/mol. The lowest BCUT2D eigenvalue weighted by Crippen LogP contribution is -2.29. The summed E-state index contributed by atoms with van der Waals surface area (Å²) < 4.78 is 74.8. The van der Waals surface area contributed by atoms with E-state index in [2.05, 4.69) is 15.6 Å². The minimum absolute atomic E-state index is 0.0226. The Hall–Kier alpha value is -3.11. The SMILES string of the molecule is CC(NC(=O)Cc1ccc(C(F)(F)F)cc1)c1cc(C=N)c(NCC(F)(F)F)cn1. The highest BCUT2D eigenvalue weighted by molar-refractivity contribution is 5.85. The smallest absolute Gasteiger partial charge is 0.375 e. The number of nitrogens with one attached hydrogen (secondary N) is 3. The van der Waals surface area contributed by atoms with E-state index in [1.165, 1.54) is 18.2 Å². The van der Waals surface area contributed by atoms with Crippen LogP contribution in [-0.2, 0) is 17.4 Å². The minimum atomic E-state index is -4.46. The molecule has 0 saturated carbocycles. The van der Waals surface area contributed by atoms with Gasteiger partial charge in [-0.1, -0.05) is 12.1 Å². The molecule has 0 aliphatic heterocycles. The molecular weight excluding hydrogens is 414 g/mol. The van der Waals surface area contributed by atoms with Gasteiger partial charge in [-0.2, -0.15) is 26.3 Å². The molecule has 0 aliphatic carbocycles. The Bertz CT molecular complexity index is 893. The molecule has 1 aromatic heterocycles. The maximum atomic E-state index is 12.6. The number of nitrogens with zero attached hydrogens (tertiary/aromatic N) is 1. The van der Waals surface area contributed by atoms with Crippen molar-refractivity contribution in [1.82, 2.24) is 10.3 Å². The van der Waals surface area contributed by atoms with Crippen LogP contribution in [-0.4, -0.2) is 29.8 Å². The first kappa shape index (κ1) is 23.2. The third kappa shape index (κ3) is 6.75. The highest BCUT2D eigenvalue weighted by Crippen LogP contribution is 2.29. The van der Waals surface area contributed by atoms with Gasteiger partial charge in [0.05, 0.1) is 35.6 Å². The summed E-state index contributed by atoms with van der Waals surface area (Å²) >= 11 is 0. The summed E-state index contributed by atoms with van der Waals surface area (Å²) in [7, 11) is 0. The fourth-order valence-electron chi connectivity index (χ4n) is 2.55. The molecule has 1 aromatic carbocycles. The third-order valence-electron chi connectivity index (χ3n) is 4.06. The van der Waals surface area contributed by atoms with Gasteiger partial charge in [-0.05, 0) is 30.7 Å². The Balaban J connectivity index is 2.01. The topological polar surface area (TPSA) is 77.9 Å². The van der Waals surface area contributed by atoms with E-state index in [4.69, 9.17) is 5.41 Å². The first-order valence-corrected chi connectivity index (χ1v) is 8.65. The van der Waals surface area contributed by atoms with Gasteiger partial charge in [0.15, 0.2) is 0 Å². The van der Waals surface area contributed by atoms with Crippen molar-refractivity contribution in [2.75, 3.05) is 11.9 Å². The van der Waals surface area contributed by atoms with Gasteiger partial charge in [-0.15, -0.1) is 0 Å². The number of alkyl halides is 6. The maximum absolute atomic E-state index is 12.6. The summed E-state index contributed by atoms with van der Waals surface area (Å²) in [5, 5.41) is 12.1. The van der Waals surface area contributed by atoms with Crippen LogP contribution in [0.3, 0.4) is 0 Å². The number of rotatable bonds is 7. The van der Waals surface area contributed by atoms with Crippen molar-refractivity contribution in [2.45, 2.75) is 31.7 Å². The molecule has 1 atom stereocenters. The molecule has 0 bridgehead atoms. The van der Waals surface area contributed by atoms with Gasteiger partial charge in [-0.25, -0.2) is 0 Å². The van der Waals surface area contributed by atoms with E-state index >= 15 is 0 Å². The summed E-state index contributed by atoms with van der Waals surface area (Å²) in [5.41, 5.74) is 0.0597. The summed E-state index contributed by atoms with van der Waals surface area (Å²) in [4.78, 5) is 16.2. The monoisotopic (exact) mass is 432 g/mol. The number of aromatic nitrogens is 1. The van der Waals surface area contributed by atoms with E-state index in [0.717, 1.165) is 24.5 Å². The fourth-order valence-corrected chi connectivity index (χ4v) is 2.55. The number of hydrogen-bond acceptors (Lipinski definition) is 4. The molecule has 0 radical (unpaired) electrons. The Morgan fingerprint density at radius 3 is 2.33 bits per heavy atom. The van der Waals surface area contributed by atoms with Crippen LogP contribution in [0, 0.1) is 5.41 Å². The third-order valence-corrected chi connectivity index (χ3v) is 4.06. The second kappa shape index (κ2) is 9.14. The van der Waals surface area contributed by atoms with Gasteiger partial charge in [-0.3, -0.25) is 9.78 Å². The molecule has 11 heteroatoms. The molecule has 1 heterocycles. The highest BCUT2D eigenvalue weighted by Gasteiger charge is 2.30. The van der Waals surface area contributed by atoms with Gasteiger partial charge in [0.1, 0.15) is 6.54 Å². The highest BCUT2D eigenvalue weighted by atomic mass is 19.4. The molecule has 5 nitrogen and oxygen atoms in total. The van der Waals surface area contributed by atoms with Gasteiger partial charge >= 0.3 is 12.4 Å². The van der Waals surface area contributed by atoms with Gasteiger partial charge in [0, 0.05) is 11.8 Å². The Labute approximate surface area is 168 Å². The van der Waals surface area contributed by atoms with Crippen molar-refractivity contribution in [1.29, 1.82) is 5.41 Å². The molecule has 1 unspecified atom stereocenters. The number of carbonyl (C=O) groups excluding carboxylic acids is 1. The number of pyridine rings is 1. The zero-order valence-corrected chi connectivity index (χ0v) is 15.7. The Kier molecular flexibility index (Phi) is 7.06. The number of amides is 1. The lowest BCUT2D eigenvalue weighted by atomic mass is 10.1. The van der Waals surface area contributed by atoms with Gasteiger partial charge in [0.2, 0.25) is 5.91 Å². The number of halogens is 6. The fraction of sp³-hybridized carbons (Fsp3) is 0.316. The molecule has 0 spiro atoms. The first-order valence-electron chi connectivity index (χ1n) is 8.65. The molecule has 2 rings (SSSR count). The molecule has 0 fully saturated rings.